The van der Waals surface area contributed by atoms with Gasteiger partial charge in [0.2, 0.25) is 5.91 Å². The van der Waals surface area contributed by atoms with Crippen molar-refractivity contribution in [2.24, 2.45) is 0 Å². The highest BCUT2D eigenvalue weighted by Gasteiger charge is 2.06. The second-order valence-corrected chi connectivity index (χ2v) is 6.28. The van der Waals surface area contributed by atoms with Gasteiger partial charge in [0.15, 0.2) is 0 Å². The molecule has 23 heavy (non-hydrogen) atoms. The number of anilines is 3. The highest BCUT2D eigenvalue weighted by molar-refractivity contribution is 7.10. The van der Waals surface area contributed by atoms with Crippen molar-refractivity contribution in [3.05, 3.63) is 70.0 Å². The first kappa shape index (κ1) is 15.5. The summed E-state index contributed by atoms with van der Waals surface area (Å²) in [6.45, 7) is 0. The predicted octanol–water partition coefficient (Wildman–Crippen LogP) is 4.72. The van der Waals surface area contributed by atoms with Crippen molar-refractivity contribution in [3.63, 3.8) is 0 Å². The van der Waals surface area contributed by atoms with Gasteiger partial charge >= 0.3 is 0 Å². The van der Waals surface area contributed by atoms with E-state index in [-0.39, 0.29) is 5.91 Å². The maximum Gasteiger partial charge on any atom is 0.230 e. The maximum absolute atomic E-state index is 11.9. The molecule has 0 aliphatic heterocycles. The van der Waals surface area contributed by atoms with Gasteiger partial charge in [0.05, 0.1) is 29.0 Å². The zero-order chi connectivity index (χ0) is 16.1. The second-order valence-electron chi connectivity index (χ2n) is 4.84. The lowest BCUT2D eigenvalue weighted by Gasteiger charge is -2.09. The van der Waals surface area contributed by atoms with Crippen LogP contribution in [0.5, 0.6) is 0 Å². The Morgan fingerprint density at radius 1 is 1.13 bits per heavy atom. The molecule has 4 nitrogen and oxygen atoms in total. The molecule has 6 heteroatoms. The highest BCUT2D eigenvalue weighted by Crippen LogP contribution is 2.24. The number of hydrogen-bond donors (Lipinski definition) is 2. The zero-order valence-corrected chi connectivity index (χ0v) is 13.7. The van der Waals surface area contributed by atoms with Crippen LogP contribution in [-0.2, 0) is 11.2 Å². The molecule has 0 saturated carbocycles. The van der Waals surface area contributed by atoms with Crippen molar-refractivity contribution in [2.45, 2.75) is 6.42 Å². The van der Waals surface area contributed by atoms with Crippen LogP contribution in [0.15, 0.2) is 60.1 Å². The summed E-state index contributed by atoms with van der Waals surface area (Å²) in [4.78, 5) is 17.2. The topological polar surface area (TPSA) is 54.0 Å². The van der Waals surface area contributed by atoms with Gasteiger partial charge in [-0.25, -0.2) is 4.98 Å². The van der Waals surface area contributed by atoms with Gasteiger partial charge in [0.25, 0.3) is 0 Å². The van der Waals surface area contributed by atoms with E-state index in [1.807, 2.05) is 47.8 Å². The van der Waals surface area contributed by atoms with E-state index < -0.39 is 0 Å². The van der Waals surface area contributed by atoms with E-state index >= 15 is 0 Å². The van der Waals surface area contributed by atoms with E-state index in [9.17, 15) is 4.79 Å². The summed E-state index contributed by atoms with van der Waals surface area (Å²) in [7, 11) is 0. The van der Waals surface area contributed by atoms with Crippen molar-refractivity contribution < 1.29 is 4.79 Å². The average Bonchev–Trinajstić information content (AvgIpc) is 3.04. The molecule has 116 valence electrons. The lowest BCUT2D eigenvalue weighted by Crippen LogP contribution is -2.14. The lowest BCUT2D eigenvalue weighted by molar-refractivity contribution is -0.115. The number of para-hydroxylation sites is 1. The lowest BCUT2D eigenvalue weighted by atomic mass is 10.3. The molecule has 0 aliphatic carbocycles. The summed E-state index contributed by atoms with van der Waals surface area (Å²) in [5.74, 6) is 0.447. The van der Waals surface area contributed by atoms with Gasteiger partial charge in [-0.1, -0.05) is 29.8 Å². The minimum absolute atomic E-state index is 0.0771. The van der Waals surface area contributed by atoms with Crippen LogP contribution < -0.4 is 10.6 Å². The fraction of sp³-hybridized carbons (Fsp3) is 0.0588. The Labute approximate surface area is 143 Å². The van der Waals surface area contributed by atoms with E-state index in [1.165, 1.54) is 0 Å². The smallest absolute Gasteiger partial charge is 0.230 e. The monoisotopic (exact) mass is 343 g/mol. The zero-order valence-electron chi connectivity index (χ0n) is 12.1. The Bertz CT molecular complexity index is 788. The maximum atomic E-state index is 11.9. The summed E-state index contributed by atoms with van der Waals surface area (Å²) >= 11 is 7.67. The van der Waals surface area contributed by atoms with E-state index in [2.05, 4.69) is 15.6 Å². The summed E-state index contributed by atoms with van der Waals surface area (Å²) in [6.07, 6.45) is 2.02. The number of hydrogen-bond acceptors (Lipinski definition) is 4. The van der Waals surface area contributed by atoms with Gasteiger partial charge in [-0.3, -0.25) is 4.79 Å². The van der Waals surface area contributed by atoms with Gasteiger partial charge in [-0.2, -0.15) is 0 Å². The molecule has 0 atom stereocenters. The normalized spacial score (nSPS) is 10.3. The first-order valence-corrected chi connectivity index (χ1v) is 8.26. The molecule has 2 aromatic heterocycles. The fourth-order valence-electron chi connectivity index (χ4n) is 2.02. The molecule has 2 heterocycles. The number of nitrogens with zero attached hydrogens (tertiary/aromatic N) is 1. The standard InChI is InChI=1S/C17H14ClN3OS/c18-14-5-1-2-6-15(14)20-12-7-8-16(19-11-12)21-17(22)10-13-4-3-9-23-13/h1-9,11,20H,10H2,(H,19,21,22). The Balaban J connectivity index is 1.61. The molecule has 0 spiro atoms. The Kier molecular flexibility index (Phi) is 4.90. The van der Waals surface area contributed by atoms with Crippen molar-refractivity contribution >= 4 is 46.0 Å². The van der Waals surface area contributed by atoms with Crippen molar-refractivity contribution in [1.29, 1.82) is 0 Å². The minimum atomic E-state index is -0.0771. The number of thiophene rings is 1. The summed E-state index contributed by atoms with van der Waals surface area (Å²) in [6, 6.07) is 15.0. The van der Waals surface area contributed by atoms with Gasteiger partial charge in [0, 0.05) is 4.88 Å². The van der Waals surface area contributed by atoms with Crippen LogP contribution in [0.4, 0.5) is 17.2 Å². The number of amides is 1. The molecular weight excluding hydrogens is 330 g/mol. The number of benzene rings is 1. The molecule has 0 unspecified atom stereocenters. The summed E-state index contributed by atoms with van der Waals surface area (Å²) < 4.78 is 0. The Morgan fingerprint density at radius 3 is 2.70 bits per heavy atom. The van der Waals surface area contributed by atoms with E-state index in [0.29, 0.717) is 17.3 Å². The number of aromatic nitrogens is 1. The van der Waals surface area contributed by atoms with Crippen LogP contribution in [0.25, 0.3) is 0 Å². The fourth-order valence-corrected chi connectivity index (χ4v) is 2.90. The highest BCUT2D eigenvalue weighted by atomic mass is 35.5. The number of pyridine rings is 1. The molecule has 1 amide bonds. The summed E-state index contributed by atoms with van der Waals surface area (Å²) in [5, 5.41) is 8.56. The number of rotatable bonds is 5. The third-order valence-corrected chi connectivity index (χ3v) is 4.30. The molecule has 3 aromatic rings. The predicted molar refractivity (Wildman–Crippen MR) is 95.6 cm³/mol. The quantitative estimate of drug-likeness (QED) is 0.704. The Morgan fingerprint density at radius 2 is 2.00 bits per heavy atom. The number of halogens is 1. The molecule has 0 fully saturated rings. The third-order valence-electron chi connectivity index (χ3n) is 3.10. The van der Waals surface area contributed by atoms with Gasteiger partial charge in [-0.15, -0.1) is 11.3 Å². The van der Waals surface area contributed by atoms with Crippen molar-refractivity contribution in [2.75, 3.05) is 10.6 Å². The molecule has 2 N–H and O–H groups in total. The molecule has 3 rings (SSSR count). The molecule has 0 bridgehead atoms. The number of carbonyl (C=O) groups is 1. The third kappa shape index (κ3) is 4.31. The molecule has 0 radical (unpaired) electrons. The van der Waals surface area contributed by atoms with Gasteiger partial charge in [-0.05, 0) is 35.7 Å². The minimum Gasteiger partial charge on any atom is -0.353 e. The van der Waals surface area contributed by atoms with Crippen LogP contribution >= 0.6 is 22.9 Å². The van der Waals surface area contributed by atoms with E-state index in [1.54, 1.807) is 23.6 Å². The van der Waals surface area contributed by atoms with Crippen LogP contribution in [0.3, 0.4) is 0 Å². The average molecular weight is 344 g/mol. The SMILES string of the molecule is O=C(Cc1cccs1)Nc1ccc(Nc2ccccc2Cl)cn1. The molecule has 0 aliphatic rings. The molecule has 0 saturated heterocycles. The molecule has 1 aromatic carbocycles. The van der Waals surface area contributed by atoms with Crippen LogP contribution in [0.2, 0.25) is 5.02 Å². The van der Waals surface area contributed by atoms with Gasteiger partial charge in [0.1, 0.15) is 5.82 Å². The van der Waals surface area contributed by atoms with Crippen LogP contribution in [0, 0.1) is 0 Å². The second kappa shape index (κ2) is 7.26. The van der Waals surface area contributed by atoms with E-state index in [4.69, 9.17) is 11.6 Å². The first-order valence-electron chi connectivity index (χ1n) is 7.00. The largest absolute Gasteiger partial charge is 0.353 e. The summed E-state index contributed by atoms with van der Waals surface area (Å²) in [5.41, 5.74) is 1.61. The number of carbonyl (C=O) groups excluding carboxylic acids is 1. The van der Waals surface area contributed by atoms with Crippen molar-refractivity contribution in [3.8, 4) is 0 Å². The van der Waals surface area contributed by atoms with E-state index in [0.717, 1.165) is 16.3 Å². The molecular formula is C17H14ClN3OS. The number of nitrogens with one attached hydrogen (secondary N) is 2. The van der Waals surface area contributed by atoms with Crippen molar-refractivity contribution in [1.82, 2.24) is 4.98 Å². The first-order chi connectivity index (χ1) is 11.2. The van der Waals surface area contributed by atoms with Crippen LogP contribution in [-0.4, -0.2) is 10.9 Å². The van der Waals surface area contributed by atoms with Crippen LogP contribution in [0.1, 0.15) is 4.88 Å². The Hall–Kier alpha value is -2.37. The van der Waals surface area contributed by atoms with Gasteiger partial charge < -0.3 is 10.6 Å².